The van der Waals surface area contributed by atoms with E-state index in [1.165, 1.54) is 55.8 Å². The monoisotopic (exact) mass is 638 g/mol. The van der Waals surface area contributed by atoms with Crippen LogP contribution in [0.15, 0.2) is 56.6 Å². The van der Waals surface area contributed by atoms with Crippen molar-refractivity contribution in [1.82, 2.24) is 10.2 Å². The van der Waals surface area contributed by atoms with Crippen molar-refractivity contribution in [2.24, 2.45) is 11.1 Å². The number of hydrogen-bond donors (Lipinski definition) is 2. The Morgan fingerprint density at radius 1 is 1.21 bits per heavy atom. The third-order valence-electron chi connectivity index (χ3n) is 7.07. The third kappa shape index (κ3) is 5.93. The number of nitrogens with zero attached hydrogens (tertiary/aromatic N) is 4. The zero-order chi connectivity index (χ0) is 30.9. The summed E-state index contributed by atoms with van der Waals surface area (Å²) in [5.41, 5.74) is 8.49. The summed E-state index contributed by atoms with van der Waals surface area (Å²) < 4.78 is 16.6. The van der Waals surface area contributed by atoms with Gasteiger partial charge in [0.15, 0.2) is 21.6 Å². The predicted molar refractivity (Wildman–Crippen MR) is 167 cm³/mol. The molecule has 1 atom stereocenters. The van der Waals surface area contributed by atoms with Crippen LogP contribution >= 0.6 is 34.4 Å². The Balaban J connectivity index is 1.39. The second kappa shape index (κ2) is 12.3. The van der Waals surface area contributed by atoms with Crippen molar-refractivity contribution in [2.75, 3.05) is 37.3 Å². The van der Waals surface area contributed by atoms with Crippen LogP contribution in [0.2, 0.25) is 0 Å². The highest BCUT2D eigenvalue weighted by atomic mass is 32.2. The summed E-state index contributed by atoms with van der Waals surface area (Å²) in [6.45, 7) is 4.08. The van der Waals surface area contributed by atoms with Crippen LogP contribution in [0.5, 0.6) is 17.2 Å². The number of aromatic nitrogens is 2. The number of anilines is 2. The third-order valence-corrected chi connectivity index (χ3v) is 10.0. The molecule has 1 unspecified atom stereocenters. The molecular formula is C29H30N6O5S3. The van der Waals surface area contributed by atoms with Crippen molar-refractivity contribution in [3.63, 3.8) is 0 Å². The van der Waals surface area contributed by atoms with Gasteiger partial charge in [0.1, 0.15) is 5.82 Å². The van der Waals surface area contributed by atoms with Crippen molar-refractivity contribution in [2.45, 2.75) is 36.9 Å². The molecule has 0 saturated carbocycles. The Kier molecular flexibility index (Phi) is 8.68. The number of nitrogens with one attached hydrogen (secondary N) is 1. The lowest BCUT2D eigenvalue weighted by atomic mass is 9.70. The van der Waals surface area contributed by atoms with E-state index >= 15 is 0 Å². The highest BCUT2D eigenvalue weighted by Gasteiger charge is 2.45. The number of nitriles is 1. The van der Waals surface area contributed by atoms with E-state index in [1.54, 1.807) is 17.0 Å². The van der Waals surface area contributed by atoms with Gasteiger partial charge in [0.05, 0.1) is 44.6 Å². The molecule has 0 fully saturated rings. The van der Waals surface area contributed by atoms with Crippen molar-refractivity contribution < 1.29 is 23.8 Å². The van der Waals surface area contributed by atoms with Gasteiger partial charge in [-0.2, -0.15) is 5.26 Å². The van der Waals surface area contributed by atoms with Gasteiger partial charge in [0.25, 0.3) is 0 Å². The van der Waals surface area contributed by atoms with E-state index in [0.29, 0.717) is 56.4 Å². The second-order valence-corrected chi connectivity index (χ2v) is 13.8. The summed E-state index contributed by atoms with van der Waals surface area (Å²) >= 11 is 3.95. The van der Waals surface area contributed by atoms with E-state index in [9.17, 15) is 14.9 Å². The average Bonchev–Trinajstić information content (AvgIpc) is 3.67. The Bertz CT molecular complexity index is 1650. The number of carbonyl (C=O) groups excluding carboxylic acids is 2. The number of methoxy groups -OCH3 is 3. The largest absolute Gasteiger partial charge is 0.493 e. The fourth-order valence-electron chi connectivity index (χ4n) is 5.30. The maximum absolute atomic E-state index is 13.6. The molecule has 0 radical (unpaired) electrons. The lowest BCUT2D eigenvalue weighted by molar-refractivity contribution is -0.118. The maximum atomic E-state index is 13.6. The molecule has 1 aliphatic heterocycles. The molecule has 3 heterocycles. The summed E-state index contributed by atoms with van der Waals surface area (Å²) in [4.78, 5) is 29.0. The number of nitrogens with two attached hydrogens (primary N) is 1. The first-order valence-corrected chi connectivity index (χ1v) is 15.8. The lowest BCUT2D eigenvalue weighted by Gasteiger charge is -2.42. The van der Waals surface area contributed by atoms with Crippen LogP contribution in [0.25, 0.3) is 0 Å². The smallest absolute Gasteiger partial charge is 0.234 e. The summed E-state index contributed by atoms with van der Waals surface area (Å²) in [5.74, 6) is 0.760. The molecule has 1 aliphatic carbocycles. The maximum Gasteiger partial charge on any atom is 0.234 e. The summed E-state index contributed by atoms with van der Waals surface area (Å²) in [6, 6.07) is 9.39. The van der Waals surface area contributed by atoms with Gasteiger partial charge in [-0.3, -0.25) is 14.5 Å². The van der Waals surface area contributed by atoms with Crippen LogP contribution in [-0.4, -0.2) is 49.0 Å². The molecule has 2 aromatic heterocycles. The highest BCUT2D eigenvalue weighted by Crippen LogP contribution is 2.51. The fraction of sp³-hybridized carbons (Fsp3) is 0.345. The molecule has 2 aliphatic rings. The summed E-state index contributed by atoms with van der Waals surface area (Å²) in [7, 11) is 4.51. The number of Topliss-reactive ketones (excluding diaryl/α,β-unsaturated/α-hetero) is 1. The molecule has 14 heteroatoms. The number of amides is 1. The molecular weight excluding hydrogens is 609 g/mol. The molecule has 1 aromatic carbocycles. The quantitative estimate of drug-likeness (QED) is 0.294. The van der Waals surface area contributed by atoms with Crippen molar-refractivity contribution in [1.29, 1.82) is 5.26 Å². The fourth-order valence-corrected chi connectivity index (χ4v) is 7.82. The van der Waals surface area contributed by atoms with Crippen LogP contribution in [0.3, 0.4) is 0 Å². The van der Waals surface area contributed by atoms with Gasteiger partial charge in [0, 0.05) is 40.4 Å². The molecule has 5 rings (SSSR count). The zero-order valence-corrected chi connectivity index (χ0v) is 26.7. The highest BCUT2D eigenvalue weighted by molar-refractivity contribution is 8.01. The van der Waals surface area contributed by atoms with Gasteiger partial charge in [0.2, 0.25) is 16.8 Å². The number of hydrogen-bond acceptors (Lipinski definition) is 13. The van der Waals surface area contributed by atoms with Crippen LogP contribution in [0, 0.1) is 16.7 Å². The lowest BCUT2D eigenvalue weighted by Crippen LogP contribution is -2.42. The van der Waals surface area contributed by atoms with E-state index in [2.05, 4.69) is 21.6 Å². The topological polar surface area (TPSA) is 153 Å². The van der Waals surface area contributed by atoms with Gasteiger partial charge in [-0.15, -0.1) is 21.5 Å². The summed E-state index contributed by atoms with van der Waals surface area (Å²) in [5, 5.41) is 24.0. The number of thiophene rings is 1. The molecule has 1 amide bonds. The minimum atomic E-state index is -0.513. The minimum Gasteiger partial charge on any atom is -0.493 e. The Labute approximate surface area is 261 Å². The minimum absolute atomic E-state index is 0.00234. The molecule has 224 valence electrons. The first-order chi connectivity index (χ1) is 20.6. The Morgan fingerprint density at radius 3 is 2.53 bits per heavy atom. The molecule has 0 bridgehead atoms. The van der Waals surface area contributed by atoms with Crippen LogP contribution < -0.4 is 30.2 Å². The number of allylic oxidation sites excluding steroid dienone is 3. The van der Waals surface area contributed by atoms with Crippen LogP contribution in [0.4, 0.5) is 10.8 Å². The SMILES string of the molecule is COc1cc(NC(=O)CSc2nnc(N3C(N)=C(C#N)C(c4cccs4)C4=C3CC(C)(C)CC4=O)s2)cc(OC)c1OC. The van der Waals surface area contributed by atoms with E-state index < -0.39 is 5.92 Å². The standard InChI is InChI=1S/C29H30N6O5S3/c1-29(2)11-17-24(18(36)12-29)23(21-7-6-8-41-21)16(13-30)26(31)35(17)27-33-34-28(43-27)42-14-22(37)32-15-9-19(38-3)25(40-5)20(10-15)39-4/h6-10,23H,11-12,14,31H2,1-5H3,(H,32,37). The van der Waals surface area contributed by atoms with E-state index in [1.807, 2.05) is 31.4 Å². The molecule has 43 heavy (non-hydrogen) atoms. The predicted octanol–water partition coefficient (Wildman–Crippen LogP) is 5.30. The molecule has 11 nitrogen and oxygen atoms in total. The normalized spacial score (nSPS) is 17.8. The first-order valence-electron chi connectivity index (χ1n) is 13.2. The van der Waals surface area contributed by atoms with Gasteiger partial charge in [-0.25, -0.2) is 0 Å². The molecule has 0 saturated heterocycles. The summed E-state index contributed by atoms with van der Waals surface area (Å²) in [6.07, 6.45) is 0.951. The van der Waals surface area contributed by atoms with Crippen molar-refractivity contribution in [3.05, 3.63) is 57.2 Å². The second-order valence-electron chi connectivity index (χ2n) is 10.6. The van der Waals surface area contributed by atoms with Gasteiger partial charge in [-0.05, 0) is 23.3 Å². The van der Waals surface area contributed by atoms with Gasteiger partial charge < -0.3 is 25.3 Å². The molecule has 3 N–H and O–H groups in total. The number of thioether (sulfide) groups is 1. The number of ether oxygens (including phenoxy) is 3. The van der Waals surface area contributed by atoms with E-state index in [-0.39, 0.29) is 28.7 Å². The average molecular weight is 639 g/mol. The molecule has 0 spiro atoms. The first kappa shape index (κ1) is 30.4. The number of rotatable bonds is 9. The zero-order valence-electron chi connectivity index (χ0n) is 24.2. The van der Waals surface area contributed by atoms with E-state index in [0.717, 1.165) is 10.6 Å². The molecule has 3 aromatic rings. The Hall–Kier alpha value is -4.06. The Morgan fingerprint density at radius 2 is 1.93 bits per heavy atom. The van der Waals surface area contributed by atoms with Crippen molar-refractivity contribution >= 4 is 56.9 Å². The van der Waals surface area contributed by atoms with E-state index in [4.69, 9.17) is 19.9 Å². The van der Waals surface area contributed by atoms with Crippen LogP contribution in [-0.2, 0) is 9.59 Å². The number of benzene rings is 1. The van der Waals surface area contributed by atoms with Crippen molar-refractivity contribution in [3.8, 4) is 23.3 Å². The number of ketones is 1. The van der Waals surface area contributed by atoms with Gasteiger partial charge in [-0.1, -0.05) is 43.0 Å². The van der Waals surface area contributed by atoms with Crippen LogP contribution in [0.1, 0.15) is 37.5 Å². The number of carbonyl (C=O) groups is 2. The van der Waals surface area contributed by atoms with Gasteiger partial charge >= 0.3 is 0 Å².